The predicted molar refractivity (Wildman–Crippen MR) is 147 cm³/mol. The molecule has 3 aromatic carbocycles. The highest BCUT2D eigenvalue weighted by molar-refractivity contribution is 9.10. The molecule has 3 aromatic heterocycles. The molecule has 0 atom stereocenters. The van der Waals surface area contributed by atoms with Gasteiger partial charge in [-0.3, -0.25) is 4.98 Å². The molecule has 0 spiro atoms. The second-order valence-electron chi connectivity index (χ2n) is 8.84. The van der Waals surface area contributed by atoms with Gasteiger partial charge in [0.1, 0.15) is 23.6 Å². The Hall–Kier alpha value is -4.15. The average Bonchev–Trinajstić information content (AvgIpc) is 3.57. The van der Waals surface area contributed by atoms with Crippen molar-refractivity contribution in [2.24, 2.45) is 0 Å². The van der Waals surface area contributed by atoms with Crippen molar-refractivity contribution in [2.45, 2.75) is 11.8 Å². The molecule has 0 saturated heterocycles. The molecule has 0 radical (unpaired) electrons. The van der Waals surface area contributed by atoms with Gasteiger partial charge in [0.05, 0.1) is 27.9 Å². The monoisotopic (exact) mass is 605 g/mol. The largest absolute Gasteiger partial charge is 0.443 e. The summed E-state index contributed by atoms with van der Waals surface area (Å²) in [4.78, 5) is 8.56. The van der Waals surface area contributed by atoms with Gasteiger partial charge in [0.25, 0.3) is 10.0 Å². The number of hydrogen-bond acceptors (Lipinski definition) is 5. The molecule has 0 unspecified atom stereocenters. The summed E-state index contributed by atoms with van der Waals surface area (Å²) < 4.78 is 64.7. The van der Waals surface area contributed by atoms with E-state index < -0.39 is 27.2 Å². The van der Waals surface area contributed by atoms with Crippen LogP contribution in [0.3, 0.4) is 0 Å². The molecule has 0 N–H and O–H groups in total. The molecule has 0 bridgehead atoms. The quantitative estimate of drug-likeness (QED) is 0.202. The van der Waals surface area contributed by atoms with Crippen LogP contribution in [0.5, 0.6) is 0 Å². The van der Waals surface area contributed by atoms with Crippen LogP contribution in [0.1, 0.15) is 5.56 Å². The molecule has 10 heteroatoms. The lowest BCUT2D eigenvalue weighted by Crippen LogP contribution is -2.14. The Labute approximate surface area is 230 Å². The summed E-state index contributed by atoms with van der Waals surface area (Å²) in [6.07, 6.45) is 4.69. The highest BCUT2D eigenvalue weighted by atomic mass is 79.9. The Morgan fingerprint density at radius 1 is 0.923 bits per heavy atom. The van der Waals surface area contributed by atoms with Gasteiger partial charge in [0.2, 0.25) is 5.89 Å². The molecule has 0 aliphatic rings. The molecule has 6 rings (SSSR count). The second-order valence-corrected chi connectivity index (χ2v) is 11.5. The molecular weight excluding hydrogens is 588 g/mol. The number of aryl methyl sites for hydroxylation is 1. The lowest BCUT2D eigenvalue weighted by atomic mass is 10.0. The lowest BCUT2D eigenvalue weighted by molar-refractivity contribution is 0.572. The van der Waals surface area contributed by atoms with Crippen LogP contribution in [0.25, 0.3) is 44.9 Å². The average molecular weight is 606 g/mol. The summed E-state index contributed by atoms with van der Waals surface area (Å²) in [5.74, 6) is -1.34. The maximum atomic E-state index is 15.0. The van der Waals surface area contributed by atoms with E-state index in [1.54, 1.807) is 36.5 Å². The van der Waals surface area contributed by atoms with Crippen LogP contribution < -0.4 is 0 Å². The fourth-order valence-electron chi connectivity index (χ4n) is 4.57. The molecule has 6 aromatic rings. The molecule has 6 nitrogen and oxygen atoms in total. The van der Waals surface area contributed by atoms with E-state index in [2.05, 4.69) is 25.9 Å². The Kier molecular flexibility index (Phi) is 6.16. The maximum absolute atomic E-state index is 15.0. The molecule has 39 heavy (non-hydrogen) atoms. The zero-order valence-corrected chi connectivity index (χ0v) is 22.7. The van der Waals surface area contributed by atoms with Gasteiger partial charge in [-0.2, -0.15) is 0 Å². The van der Waals surface area contributed by atoms with Crippen LogP contribution in [0, 0.1) is 18.6 Å². The predicted octanol–water partition coefficient (Wildman–Crippen LogP) is 7.61. The van der Waals surface area contributed by atoms with Crippen molar-refractivity contribution in [3.05, 3.63) is 113 Å². The van der Waals surface area contributed by atoms with E-state index in [9.17, 15) is 17.2 Å². The van der Waals surface area contributed by atoms with Crippen LogP contribution in [0.4, 0.5) is 8.78 Å². The van der Waals surface area contributed by atoms with E-state index >= 15 is 0 Å². The third-order valence-electron chi connectivity index (χ3n) is 6.40. The number of oxazole rings is 1. The molecule has 0 aliphatic carbocycles. The number of fused-ring (bicyclic) bond motifs is 1. The number of pyridine rings is 1. The fourth-order valence-corrected chi connectivity index (χ4v) is 6.35. The molecule has 3 heterocycles. The van der Waals surface area contributed by atoms with Gasteiger partial charge in [0, 0.05) is 21.6 Å². The SMILES string of the molecule is Cc1cc(-c2ncco2)ncc1-c1ccc2c(c1)cc(-c1c(F)cccc1F)n2S(=O)(=O)c1ccc(Br)cc1. The fraction of sp³-hybridized carbons (Fsp3) is 0.0345. The Morgan fingerprint density at radius 3 is 2.33 bits per heavy atom. The van der Waals surface area contributed by atoms with E-state index in [0.717, 1.165) is 32.8 Å². The summed E-state index contributed by atoms with van der Waals surface area (Å²) in [5.41, 5.74) is 2.76. The summed E-state index contributed by atoms with van der Waals surface area (Å²) >= 11 is 3.31. The van der Waals surface area contributed by atoms with Crippen molar-refractivity contribution in [2.75, 3.05) is 0 Å². The summed E-state index contributed by atoms with van der Waals surface area (Å²) in [6.45, 7) is 1.91. The van der Waals surface area contributed by atoms with Gasteiger partial charge < -0.3 is 4.42 Å². The molecular formula is C29H18BrF2N3O3S. The third-order valence-corrected chi connectivity index (χ3v) is 8.67. The Balaban J connectivity index is 1.57. The van der Waals surface area contributed by atoms with E-state index in [4.69, 9.17) is 4.42 Å². The summed E-state index contributed by atoms with van der Waals surface area (Å²) in [6, 6.07) is 18.0. The zero-order chi connectivity index (χ0) is 27.3. The number of aromatic nitrogens is 3. The molecule has 0 amide bonds. The van der Waals surface area contributed by atoms with Gasteiger partial charge in [0.15, 0.2) is 0 Å². The van der Waals surface area contributed by atoms with Crippen molar-refractivity contribution < 1.29 is 21.6 Å². The number of hydrogen-bond donors (Lipinski definition) is 0. The topological polar surface area (TPSA) is 78.0 Å². The second kappa shape index (κ2) is 9.55. The minimum Gasteiger partial charge on any atom is -0.443 e. The minimum atomic E-state index is -4.23. The van der Waals surface area contributed by atoms with Crippen molar-refractivity contribution >= 4 is 36.9 Å². The standard InChI is InChI=1S/C29H18BrF2N3O3S/c1-17-13-25(29-33-11-12-38-29)34-16-22(17)18-5-10-26-19(14-18)15-27(28-23(31)3-2-4-24(28)32)35(26)39(36,37)21-8-6-20(30)7-9-21/h2-16H,1H3. The highest BCUT2D eigenvalue weighted by Gasteiger charge is 2.27. The first-order chi connectivity index (χ1) is 18.7. The number of rotatable bonds is 5. The van der Waals surface area contributed by atoms with Crippen molar-refractivity contribution in [1.29, 1.82) is 0 Å². The van der Waals surface area contributed by atoms with Crippen molar-refractivity contribution in [1.82, 2.24) is 13.9 Å². The highest BCUT2D eigenvalue weighted by Crippen LogP contribution is 2.37. The van der Waals surface area contributed by atoms with Crippen LogP contribution >= 0.6 is 15.9 Å². The smallest absolute Gasteiger partial charge is 0.268 e. The van der Waals surface area contributed by atoms with Crippen molar-refractivity contribution in [3.8, 4) is 34.0 Å². The van der Waals surface area contributed by atoms with Crippen LogP contribution in [-0.4, -0.2) is 22.4 Å². The molecule has 0 aliphatic heterocycles. The van der Waals surface area contributed by atoms with Gasteiger partial charge in [-0.15, -0.1) is 0 Å². The van der Waals surface area contributed by atoms with E-state index in [1.807, 2.05) is 13.0 Å². The number of nitrogens with zero attached hydrogens (tertiary/aromatic N) is 3. The van der Waals surface area contributed by atoms with Gasteiger partial charge in [-0.1, -0.05) is 28.1 Å². The van der Waals surface area contributed by atoms with E-state index in [-0.39, 0.29) is 16.1 Å². The lowest BCUT2D eigenvalue weighted by Gasteiger charge is -2.14. The van der Waals surface area contributed by atoms with E-state index in [0.29, 0.717) is 21.4 Å². The van der Waals surface area contributed by atoms with Gasteiger partial charge in [-0.25, -0.2) is 26.2 Å². The summed E-state index contributed by atoms with van der Waals surface area (Å²) in [5, 5.41) is 0.488. The van der Waals surface area contributed by atoms with Crippen LogP contribution in [0.15, 0.2) is 105 Å². The van der Waals surface area contributed by atoms with Gasteiger partial charge in [-0.05, 0) is 78.7 Å². The maximum Gasteiger partial charge on any atom is 0.268 e. The molecule has 0 saturated carbocycles. The first-order valence-corrected chi connectivity index (χ1v) is 14.0. The molecule has 194 valence electrons. The van der Waals surface area contributed by atoms with Gasteiger partial charge >= 0.3 is 0 Å². The normalized spacial score (nSPS) is 11.8. The van der Waals surface area contributed by atoms with Crippen molar-refractivity contribution in [3.63, 3.8) is 0 Å². The number of benzene rings is 3. The van der Waals surface area contributed by atoms with Crippen LogP contribution in [-0.2, 0) is 10.0 Å². The first kappa shape index (κ1) is 25.1. The third kappa shape index (κ3) is 4.35. The summed E-state index contributed by atoms with van der Waals surface area (Å²) in [7, 11) is -4.23. The Morgan fingerprint density at radius 2 is 1.67 bits per heavy atom. The van der Waals surface area contributed by atoms with Crippen LogP contribution in [0.2, 0.25) is 0 Å². The number of halogens is 3. The first-order valence-electron chi connectivity index (χ1n) is 11.7. The Bertz CT molecular complexity index is 1950. The van der Waals surface area contributed by atoms with E-state index in [1.165, 1.54) is 36.7 Å². The molecule has 0 fully saturated rings. The minimum absolute atomic E-state index is 0.0209. The zero-order valence-electron chi connectivity index (χ0n) is 20.3.